The highest BCUT2D eigenvalue weighted by atomic mass is 15.0. The third-order valence-corrected chi connectivity index (χ3v) is 2.39. The summed E-state index contributed by atoms with van der Waals surface area (Å²) in [5.74, 6) is 0.133. The first-order chi connectivity index (χ1) is 7.77. The maximum absolute atomic E-state index is 5.28. The average Bonchev–Trinajstić information content (AvgIpc) is 2.29. The first-order valence-electron chi connectivity index (χ1n) is 5.15. The van der Waals surface area contributed by atoms with Gasteiger partial charge in [-0.25, -0.2) is 0 Å². The van der Waals surface area contributed by atoms with E-state index in [-0.39, 0.29) is 5.96 Å². The number of aromatic nitrogens is 1. The van der Waals surface area contributed by atoms with Gasteiger partial charge >= 0.3 is 0 Å². The second-order valence-corrected chi connectivity index (χ2v) is 3.55. The Hall–Kier alpha value is -2.10. The summed E-state index contributed by atoms with van der Waals surface area (Å²) in [5.41, 5.74) is 12.8. The highest BCUT2D eigenvalue weighted by Gasteiger charge is 2.00. The topological polar surface area (TPSA) is 77.3 Å². The number of hydrogen-bond donors (Lipinski definition) is 2. The number of aliphatic imine (C=N–C) groups is 1. The summed E-state index contributed by atoms with van der Waals surface area (Å²) in [6.45, 7) is 0.595. The Morgan fingerprint density at radius 2 is 2.00 bits per heavy atom. The number of nitrogens with zero attached hydrogens (tertiary/aromatic N) is 2. The molecule has 0 spiro atoms. The van der Waals surface area contributed by atoms with E-state index in [1.807, 2.05) is 24.3 Å². The van der Waals surface area contributed by atoms with Gasteiger partial charge in [-0.1, -0.05) is 24.3 Å². The van der Waals surface area contributed by atoms with Crippen LogP contribution >= 0.6 is 0 Å². The van der Waals surface area contributed by atoms with Gasteiger partial charge in [0.15, 0.2) is 5.96 Å². The van der Waals surface area contributed by atoms with Gasteiger partial charge < -0.3 is 11.5 Å². The largest absolute Gasteiger partial charge is 0.370 e. The molecule has 1 heterocycles. The van der Waals surface area contributed by atoms with Gasteiger partial charge in [-0.2, -0.15) is 0 Å². The number of benzene rings is 1. The van der Waals surface area contributed by atoms with Gasteiger partial charge in [-0.05, 0) is 18.1 Å². The van der Waals surface area contributed by atoms with Crippen molar-refractivity contribution in [1.29, 1.82) is 0 Å². The molecule has 2 rings (SSSR count). The molecule has 0 unspecified atom stereocenters. The maximum Gasteiger partial charge on any atom is 0.185 e. The second-order valence-electron chi connectivity index (χ2n) is 3.55. The third kappa shape index (κ3) is 2.28. The zero-order valence-corrected chi connectivity index (χ0v) is 8.93. The molecule has 0 saturated heterocycles. The lowest BCUT2D eigenvalue weighted by molar-refractivity contribution is 0.966. The van der Waals surface area contributed by atoms with E-state index in [4.69, 9.17) is 11.5 Å². The molecular weight excluding hydrogens is 200 g/mol. The molecule has 4 N–H and O–H groups in total. The minimum Gasteiger partial charge on any atom is -0.370 e. The van der Waals surface area contributed by atoms with Crippen LogP contribution in [0.2, 0.25) is 0 Å². The van der Waals surface area contributed by atoms with Crippen molar-refractivity contribution in [2.45, 2.75) is 6.42 Å². The quantitative estimate of drug-likeness (QED) is 0.592. The number of nitrogens with two attached hydrogens (primary N) is 2. The Bertz CT molecular complexity index is 510. The predicted octanol–water partition coefficient (Wildman–Crippen LogP) is 1.05. The number of fused-ring (bicyclic) bond motifs is 1. The van der Waals surface area contributed by atoms with Crippen molar-refractivity contribution < 1.29 is 0 Å². The van der Waals surface area contributed by atoms with E-state index in [0.717, 1.165) is 17.3 Å². The van der Waals surface area contributed by atoms with Crippen molar-refractivity contribution in [2.24, 2.45) is 16.5 Å². The summed E-state index contributed by atoms with van der Waals surface area (Å²) < 4.78 is 0. The summed E-state index contributed by atoms with van der Waals surface area (Å²) in [4.78, 5) is 8.34. The van der Waals surface area contributed by atoms with E-state index in [1.165, 1.54) is 5.56 Å². The van der Waals surface area contributed by atoms with E-state index in [0.29, 0.717) is 6.54 Å². The van der Waals surface area contributed by atoms with Crippen LogP contribution in [0, 0.1) is 0 Å². The van der Waals surface area contributed by atoms with E-state index in [2.05, 4.69) is 16.0 Å². The van der Waals surface area contributed by atoms with Gasteiger partial charge in [0.05, 0.1) is 5.52 Å². The molecule has 4 nitrogen and oxygen atoms in total. The third-order valence-electron chi connectivity index (χ3n) is 2.39. The molecule has 1 aromatic carbocycles. The minimum atomic E-state index is 0.133. The fourth-order valence-electron chi connectivity index (χ4n) is 1.67. The molecule has 0 atom stereocenters. The standard InChI is InChI=1S/C12H14N4/c13-12(14)16-8-6-10-4-1-3-9-5-2-7-15-11(9)10/h1-5,7H,6,8H2,(H4,13,14,16). The van der Waals surface area contributed by atoms with E-state index >= 15 is 0 Å². The fourth-order valence-corrected chi connectivity index (χ4v) is 1.67. The molecule has 0 aliphatic heterocycles. The predicted molar refractivity (Wildman–Crippen MR) is 66.1 cm³/mol. The zero-order chi connectivity index (χ0) is 11.4. The van der Waals surface area contributed by atoms with Gasteiger partial charge in [0, 0.05) is 18.1 Å². The van der Waals surface area contributed by atoms with Crippen molar-refractivity contribution in [2.75, 3.05) is 6.54 Å². The summed E-state index contributed by atoms with van der Waals surface area (Å²) >= 11 is 0. The van der Waals surface area contributed by atoms with Gasteiger partial charge in [-0.3, -0.25) is 9.98 Å². The fraction of sp³-hybridized carbons (Fsp3) is 0.167. The monoisotopic (exact) mass is 214 g/mol. The van der Waals surface area contributed by atoms with Crippen LogP contribution in [0.3, 0.4) is 0 Å². The van der Waals surface area contributed by atoms with Crippen molar-refractivity contribution in [3.63, 3.8) is 0 Å². The van der Waals surface area contributed by atoms with E-state index < -0.39 is 0 Å². The molecule has 0 bridgehead atoms. The molecule has 0 aliphatic rings. The van der Waals surface area contributed by atoms with Crippen molar-refractivity contribution in [3.8, 4) is 0 Å². The van der Waals surface area contributed by atoms with E-state index in [9.17, 15) is 0 Å². The Balaban J connectivity index is 2.27. The van der Waals surface area contributed by atoms with Crippen LogP contribution in [0.25, 0.3) is 10.9 Å². The van der Waals surface area contributed by atoms with Crippen molar-refractivity contribution in [1.82, 2.24) is 4.98 Å². The summed E-state index contributed by atoms with van der Waals surface area (Å²) in [7, 11) is 0. The van der Waals surface area contributed by atoms with Crippen LogP contribution in [0.15, 0.2) is 41.5 Å². The molecule has 0 amide bonds. The molecule has 1 aromatic heterocycles. The summed E-state index contributed by atoms with van der Waals surface area (Å²) in [6, 6.07) is 10.1. The number of guanidine groups is 1. The Kier molecular flexibility index (Phi) is 3.00. The molecular formula is C12H14N4. The van der Waals surface area contributed by atoms with Crippen LogP contribution in [0.5, 0.6) is 0 Å². The van der Waals surface area contributed by atoms with Crippen LogP contribution < -0.4 is 11.5 Å². The van der Waals surface area contributed by atoms with Crippen LogP contribution in [-0.4, -0.2) is 17.5 Å². The summed E-state index contributed by atoms with van der Waals surface area (Å²) in [6.07, 6.45) is 2.60. The first-order valence-corrected chi connectivity index (χ1v) is 5.15. The summed E-state index contributed by atoms with van der Waals surface area (Å²) in [5, 5.41) is 1.14. The molecule has 0 aliphatic carbocycles. The number of hydrogen-bond acceptors (Lipinski definition) is 2. The normalized spacial score (nSPS) is 10.2. The van der Waals surface area contributed by atoms with E-state index in [1.54, 1.807) is 6.20 Å². The molecule has 0 saturated carbocycles. The van der Waals surface area contributed by atoms with Crippen LogP contribution in [-0.2, 0) is 6.42 Å². The highest BCUT2D eigenvalue weighted by molar-refractivity contribution is 5.81. The maximum atomic E-state index is 5.28. The highest BCUT2D eigenvalue weighted by Crippen LogP contribution is 2.16. The average molecular weight is 214 g/mol. The van der Waals surface area contributed by atoms with Gasteiger partial charge in [0.1, 0.15) is 0 Å². The number of para-hydroxylation sites is 1. The van der Waals surface area contributed by atoms with Crippen LogP contribution in [0.1, 0.15) is 5.56 Å². The number of rotatable bonds is 3. The minimum absolute atomic E-state index is 0.133. The zero-order valence-electron chi connectivity index (χ0n) is 8.93. The van der Waals surface area contributed by atoms with Crippen LogP contribution in [0.4, 0.5) is 0 Å². The SMILES string of the molecule is NC(N)=NCCc1cccc2cccnc12. The molecule has 82 valence electrons. The van der Waals surface area contributed by atoms with Gasteiger partial charge in [0.2, 0.25) is 0 Å². The lowest BCUT2D eigenvalue weighted by Crippen LogP contribution is -2.23. The van der Waals surface area contributed by atoms with Crippen molar-refractivity contribution in [3.05, 3.63) is 42.1 Å². The smallest absolute Gasteiger partial charge is 0.185 e. The lowest BCUT2D eigenvalue weighted by Gasteiger charge is -2.03. The Morgan fingerprint density at radius 3 is 2.81 bits per heavy atom. The second kappa shape index (κ2) is 4.61. The molecule has 2 aromatic rings. The van der Waals surface area contributed by atoms with Crippen molar-refractivity contribution >= 4 is 16.9 Å². The molecule has 16 heavy (non-hydrogen) atoms. The van der Waals surface area contributed by atoms with Gasteiger partial charge in [-0.15, -0.1) is 0 Å². The lowest BCUT2D eigenvalue weighted by atomic mass is 10.1. The molecule has 0 radical (unpaired) electrons. The Labute approximate surface area is 94.0 Å². The van der Waals surface area contributed by atoms with Gasteiger partial charge in [0.25, 0.3) is 0 Å². The number of pyridine rings is 1. The Morgan fingerprint density at radius 1 is 1.19 bits per heavy atom. The molecule has 4 heteroatoms. The molecule has 0 fully saturated rings. The first kappa shape index (κ1) is 10.4.